The highest BCUT2D eigenvalue weighted by atomic mass is 32.2. The molecule has 0 unspecified atom stereocenters. The molecule has 0 atom stereocenters. The predicted molar refractivity (Wildman–Crippen MR) is 102 cm³/mol. The maximum Gasteiger partial charge on any atom is 0.240 e. The molecule has 8 nitrogen and oxygen atoms in total. The molecular formula is C18H24N4O4S. The van der Waals surface area contributed by atoms with E-state index in [1.54, 1.807) is 31.2 Å². The maximum absolute atomic E-state index is 12.3. The lowest BCUT2D eigenvalue weighted by atomic mass is 10.2. The maximum atomic E-state index is 12.3. The number of anilines is 1. The van der Waals surface area contributed by atoms with Gasteiger partial charge in [-0.15, -0.1) is 0 Å². The van der Waals surface area contributed by atoms with Crippen LogP contribution in [0, 0.1) is 13.8 Å². The summed E-state index contributed by atoms with van der Waals surface area (Å²) in [4.78, 5) is 11.1. The van der Waals surface area contributed by atoms with Crippen molar-refractivity contribution in [1.82, 2.24) is 14.7 Å². The van der Waals surface area contributed by atoms with Crippen LogP contribution in [0.3, 0.4) is 0 Å². The van der Waals surface area contributed by atoms with Gasteiger partial charge in [-0.25, -0.2) is 18.1 Å². The van der Waals surface area contributed by atoms with Crippen LogP contribution in [-0.2, 0) is 14.8 Å². The second-order valence-corrected chi connectivity index (χ2v) is 8.04. The van der Waals surface area contributed by atoms with Crippen molar-refractivity contribution in [2.75, 3.05) is 44.4 Å². The van der Waals surface area contributed by atoms with Crippen molar-refractivity contribution in [1.29, 1.82) is 0 Å². The standard InChI is InChI=1S/C18H24N4O4S/c1-14-4-3-5-16(12-14)27(23,24)19-6-9-26-18-13-17(20-15(2)21-18)22-7-10-25-11-8-22/h3-5,12-13,19H,6-11H2,1-2H3. The third-order valence-corrected chi connectivity index (χ3v) is 5.54. The Kier molecular flexibility index (Phi) is 6.25. The zero-order valence-electron chi connectivity index (χ0n) is 15.5. The van der Waals surface area contributed by atoms with E-state index in [-0.39, 0.29) is 18.0 Å². The van der Waals surface area contributed by atoms with E-state index in [1.807, 2.05) is 13.0 Å². The van der Waals surface area contributed by atoms with E-state index in [0.29, 0.717) is 24.9 Å². The minimum atomic E-state index is -3.56. The lowest BCUT2D eigenvalue weighted by Crippen LogP contribution is -2.37. The zero-order valence-corrected chi connectivity index (χ0v) is 16.3. The summed E-state index contributed by atoms with van der Waals surface area (Å²) < 4.78 is 38.1. The molecule has 27 heavy (non-hydrogen) atoms. The van der Waals surface area contributed by atoms with Gasteiger partial charge in [-0.2, -0.15) is 4.98 Å². The van der Waals surface area contributed by atoms with Crippen molar-refractivity contribution in [3.8, 4) is 5.88 Å². The summed E-state index contributed by atoms with van der Waals surface area (Å²) in [6.07, 6.45) is 0. The smallest absolute Gasteiger partial charge is 0.240 e. The molecule has 1 N–H and O–H groups in total. The van der Waals surface area contributed by atoms with Crippen LogP contribution in [0.4, 0.5) is 5.82 Å². The van der Waals surface area contributed by atoms with Crippen LogP contribution in [0.5, 0.6) is 5.88 Å². The first-order valence-corrected chi connectivity index (χ1v) is 10.3. The molecule has 2 aromatic rings. The number of rotatable bonds is 7. The molecule has 1 aromatic heterocycles. The van der Waals surface area contributed by atoms with Gasteiger partial charge in [0.1, 0.15) is 18.2 Å². The fourth-order valence-electron chi connectivity index (χ4n) is 2.75. The van der Waals surface area contributed by atoms with E-state index < -0.39 is 10.0 Å². The molecule has 1 aliphatic rings. The van der Waals surface area contributed by atoms with E-state index in [1.165, 1.54) is 0 Å². The third-order valence-electron chi connectivity index (χ3n) is 4.08. The SMILES string of the molecule is Cc1cccc(S(=O)(=O)NCCOc2cc(N3CCOCC3)nc(C)n2)c1. The van der Waals surface area contributed by atoms with Crippen molar-refractivity contribution in [3.05, 3.63) is 41.7 Å². The van der Waals surface area contributed by atoms with Crippen LogP contribution < -0.4 is 14.4 Å². The quantitative estimate of drug-likeness (QED) is 0.710. The van der Waals surface area contributed by atoms with Gasteiger partial charge in [0.15, 0.2) is 0 Å². The van der Waals surface area contributed by atoms with E-state index in [2.05, 4.69) is 19.6 Å². The summed E-state index contributed by atoms with van der Waals surface area (Å²) >= 11 is 0. The lowest BCUT2D eigenvalue weighted by molar-refractivity contribution is 0.122. The van der Waals surface area contributed by atoms with Crippen LogP contribution in [-0.4, -0.2) is 57.8 Å². The van der Waals surface area contributed by atoms with Crippen LogP contribution in [0.25, 0.3) is 0 Å². The van der Waals surface area contributed by atoms with E-state index in [0.717, 1.165) is 24.5 Å². The lowest BCUT2D eigenvalue weighted by Gasteiger charge is -2.28. The van der Waals surface area contributed by atoms with Gasteiger partial charge in [0, 0.05) is 25.7 Å². The molecule has 1 aliphatic heterocycles. The van der Waals surface area contributed by atoms with Gasteiger partial charge >= 0.3 is 0 Å². The summed E-state index contributed by atoms with van der Waals surface area (Å²) in [5.41, 5.74) is 0.890. The molecule has 1 saturated heterocycles. The molecule has 0 radical (unpaired) electrons. The number of hydrogen-bond donors (Lipinski definition) is 1. The van der Waals surface area contributed by atoms with Crippen LogP contribution in [0.15, 0.2) is 35.2 Å². The third kappa shape index (κ3) is 5.38. The Hall–Kier alpha value is -2.23. The summed E-state index contributed by atoms with van der Waals surface area (Å²) in [6, 6.07) is 8.54. The highest BCUT2D eigenvalue weighted by Gasteiger charge is 2.15. The van der Waals surface area contributed by atoms with Crippen molar-refractivity contribution in [2.24, 2.45) is 0 Å². The molecule has 2 heterocycles. The second kappa shape index (κ2) is 8.64. The molecule has 0 bridgehead atoms. The van der Waals surface area contributed by atoms with Crippen molar-refractivity contribution < 1.29 is 17.9 Å². The van der Waals surface area contributed by atoms with Gasteiger partial charge in [-0.3, -0.25) is 0 Å². The summed E-state index contributed by atoms with van der Waals surface area (Å²) in [6.45, 7) is 6.84. The van der Waals surface area contributed by atoms with Crippen molar-refractivity contribution in [2.45, 2.75) is 18.7 Å². The summed E-state index contributed by atoms with van der Waals surface area (Å²) in [7, 11) is -3.56. The Balaban J connectivity index is 1.56. The number of nitrogens with one attached hydrogen (secondary N) is 1. The van der Waals surface area contributed by atoms with E-state index in [9.17, 15) is 8.42 Å². The summed E-state index contributed by atoms with van der Waals surface area (Å²) in [5.74, 6) is 1.83. The molecule has 1 aromatic carbocycles. The molecule has 0 amide bonds. The summed E-state index contributed by atoms with van der Waals surface area (Å²) in [5, 5.41) is 0. The van der Waals surface area contributed by atoms with Gasteiger partial charge < -0.3 is 14.4 Å². The predicted octanol–water partition coefficient (Wildman–Crippen LogP) is 1.29. The molecular weight excluding hydrogens is 368 g/mol. The number of sulfonamides is 1. The number of nitrogens with zero attached hydrogens (tertiary/aromatic N) is 3. The highest BCUT2D eigenvalue weighted by Crippen LogP contribution is 2.18. The van der Waals surface area contributed by atoms with E-state index >= 15 is 0 Å². The first-order chi connectivity index (χ1) is 12.9. The Labute approximate surface area is 159 Å². The van der Waals surface area contributed by atoms with E-state index in [4.69, 9.17) is 9.47 Å². The first-order valence-electron chi connectivity index (χ1n) is 8.81. The minimum absolute atomic E-state index is 0.145. The molecule has 0 spiro atoms. The number of ether oxygens (including phenoxy) is 2. The van der Waals surface area contributed by atoms with Gasteiger partial charge in [-0.05, 0) is 31.5 Å². The number of hydrogen-bond acceptors (Lipinski definition) is 7. The van der Waals surface area contributed by atoms with Gasteiger partial charge in [-0.1, -0.05) is 12.1 Å². The Morgan fingerprint density at radius 1 is 1.19 bits per heavy atom. The largest absolute Gasteiger partial charge is 0.476 e. The zero-order chi connectivity index (χ0) is 19.3. The molecule has 1 fully saturated rings. The van der Waals surface area contributed by atoms with Crippen LogP contribution in [0.1, 0.15) is 11.4 Å². The van der Waals surface area contributed by atoms with Crippen molar-refractivity contribution >= 4 is 15.8 Å². The number of aromatic nitrogens is 2. The first kappa shape index (κ1) is 19.5. The monoisotopic (exact) mass is 392 g/mol. The average Bonchev–Trinajstić information content (AvgIpc) is 2.66. The Morgan fingerprint density at radius 3 is 2.70 bits per heavy atom. The van der Waals surface area contributed by atoms with Crippen LogP contribution in [0.2, 0.25) is 0 Å². The highest BCUT2D eigenvalue weighted by molar-refractivity contribution is 7.89. The van der Waals surface area contributed by atoms with Gasteiger partial charge in [0.2, 0.25) is 15.9 Å². The van der Waals surface area contributed by atoms with Crippen LogP contribution >= 0.6 is 0 Å². The Bertz CT molecular complexity index is 883. The number of morpholine rings is 1. The Morgan fingerprint density at radius 2 is 1.96 bits per heavy atom. The van der Waals surface area contributed by atoms with Gasteiger partial charge in [0.05, 0.1) is 18.1 Å². The van der Waals surface area contributed by atoms with Gasteiger partial charge in [0.25, 0.3) is 0 Å². The number of benzene rings is 1. The second-order valence-electron chi connectivity index (χ2n) is 6.27. The fraction of sp³-hybridized carbons (Fsp3) is 0.444. The molecule has 0 aliphatic carbocycles. The fourth-order valence-corrected chi connectivity index (χ4v) is 3.87. The molecule has 0 saturated carbocycles. The molecule has 9 heteroatoms. The average molecular weight is 392 g/mol. The van der Waals surface area contributed by atoms with Crippen molar-refractivity contribution in [3.63, 3.8) is 0 Å². The number of aryl methyl sites for hydroxylation is 2. The minimum Gasteiger partial charge on any atom is -0.476 e. The molecule has 146 valence electrons. The normalized spacial score (nSPS) is 15.0. The molecule has 3 rings (SSSR count). The topological polar surface area (TPSA) is 93.7 Å².